The lowest BCUT2D eigenvalue weighted by Crippen LogP contribution is -2.40. The summed E-state index contributed by atoms with van der Waals surface area (Å²) in [7, 11) is -3.95. The summed E-state index contributed by atoms with van der Waals surface area (Å²) in [6, 6.07) is 7.10. The van der Waals surface area contributed by atoms with Crippen LogP contribution in [0.15, 0.2) is 41.4 Å². The number of aliphatic carboxylic acids is 1. The third-order valence-corrected chi connectivity index (χ3v) is 4.56. The number of nitrogens with one attached hydrogen (secondary N) is 1. The topological polar surface area (TPSA) is 96.4 Å². The summed E-state index contributed by atoms with van der Waals surface area (Å²) in [5.74, 6) is -1.19. The van der Waals surface area contributed by atoms with Gasteiger partial charge in [0.05, 0.1) is 5.52 Å². The quantitative estimate of drug-likeness (QED) is 0.847. The predicted molar refractivity (Wildman–Crippen MR) is 78.4 cm³/mol. The van der Waals surface area contributed by atoms with Gasteiger partial charge in [-0.05, 0) is 18.6 Å². The number of rotatable bonds is 6. The zero-order valence-corrected chi connectivity index (χ0v) is 12.3. The summed E-state index contributed by atoms with van der Waals surface area (Å²) in [6.45, 7) is 1.80. The van der Waals surface area contributed by atoms with Crippen molar-refractivity contribution in [3.05, 3.63) is 36.5 Å². The van der Waals surface area contributed by atoms with E-state index in [4.69, 9.17) is 5.11 Å². The van der Waals surface area contributed by atoms with Crippen LogP contribution in [-0.4, -0.2) is 30.5 Å². The highest BCUT2D eigenvalue weighted by atomic mass is 32.2. The second-order valence-electron chi connectivity index (χ2n) is 4.63. The molecule has 2 aromatic rings. The Kier molecular flexibility index (Phi) is 4.54. The normalized spacial score (nSPS) is 13.2. The molecule has 1 aromatic carbocycles. The number of carboxylic acids is 1. The molecule has 0 bridgehead atoms. The zero-order valence-electron chi connectivity index (χ0n) is 11.5. The number of hydrogen-bond donors (Lipinski definition) is 2. The molecular formula is C14H16N2O4S. The lowest BCUT2D eigenvalue weighted by atomic mass is 10.2. The minimum Gasteiger partial charge on any atom is -0.480 e. The molecule has 0 aliphatic carbocycles. The molecule has 21 heavy (non-hydrogen) atoms. The molecule has 0 spiro atoms. The minimum absolute atomic E-state index is 0.0112. The van der Waals surface area contributed by atoms with Gasteiger partial charge in [-0.25, -0.2) is 8.42 Å². The van der Waals surface area contributed by atoms with Gasteiger partial charge in [-0.15, -0.1) is 0 Å². The molecule has 0 saturated heterocycles. The summed E-state index contributed by atoms with van der Waals surface area (Å²) in [6.07, 6.45) is 2.29. The molecule has 112 valence electrons. The molecule has 0 saturated carbocycles. The maximum atomic E-state index is 12.4. The Balaban J connectivity index is 2.44. The molecule has 7 heteroatoms. The van der Waals surface area contributed by atoms with Crippen molar-refractivity contribution in [2.45, 2.75) is 30.7 Å². The van der Waals surface area contributed by atoms with Crippen molar-refractivity contribution in [2.75, 3.05) is 0 Å². The smallest absolute Gasteiger partial charge is 0.321 e. The summed E-state index contributed by atoms with van der Waals surface area (Å²) in [5, 5.41) is 9.77. The number of para-hydroxylation sites is 1. The predicted octanol–water partition coefficient (Wildman–Crippen LogP) is 1.77. The minimum atomic E-state index is -3.95. The van der Waals surface area contributed by atoms with E-state index in [-0.39, 0.29) is 11.3 Å². The maximum Gasteiger partial charge on any atom is 0.321 e. The van der Waals surface area contributed by atoms with Gasteiger partial charge in [0.25, 0.3) is 0 Å². The number of benzene rings is 1. The van der Waals surface area contributed by atoms with E-state index in [1.165, 1.54) is 12.3 Å². The number of nitrogens with zero attached hydrogens (tertiary/aromatic N) is 1. The Morgan fingerprint density at radius 2 is 2.05 bits per heavy atom. The second kappa shape index (κ2) is 6.19. The lowest BCUT2D eigenvalue weighted by molar-refractivity contribution is -0.139. The first-order valence-electron chi connectivity index (χ1n) is 6.54. The molecule has 1 atom stereocenters. The number of pyridine rings is 1. The number of fused-ring (bicyclic) bond motifs is 1. The van der Waals surface area contributed by atoms with Crippen LogP contribution in [0.2, 0.25) is 0 Å². The SMILES string of the molecule is CCCC(NS(=O)(=O)c1cccc2cccnc12)C(=O)O. The Morgan fingerprint density at radius 1 is 1.33 bits per heavy atom. The number of hydrogen-bond acceptors (Lipinski definition) is 4. The van der Waals surface area contributed by atoms with Crippen LogP contribution >= 0.6 is 0 Å². The van der Waals surface area contributed by atoms with Crippen molar-refractivity contribution in [1.29, 1.82) is 0 Å². The van der Waals surface area contributed by atoms with Gasteiger partial charge < -0.3 is 5.11 Å². The molecule has 0 fully saturated rings. The first kappa shape index (κ1) is 15.4. The molecule has 0 aliphatic rings. The van der Waals surface area contributed by atoms with E-state index in [1.807, 2.05) is 0 Å². The fourth-order valence-corrected chi connectivity index (χ4v) is 3.47. The summed E-state index contributed by atoms with van der Waals surface area (Å²) in [5.41, 5.74) is 0.327. The highest BCUT2D eigenvalue weighted by Gasteiger charge is 2.26. The van der Waals surface area contributed by atoms with Crippen LogP contribution in [0, 0.1) is 0 Å². The molecular weight excluding hydrogens is 292 g/mol. The first-order valence-corrected chi connectivity index (χ1v) is 8.03. The van der Waals surface area contributed by atoms with Gasteiger partial charge in [0.1, 0.15) is 10.9 Å². The van der Waals surface area contributed by atoms with E-state index in [2.05, 4.69) is 9.71 Å². The largest absolute Gasteiger partial charge is 0.480 e. The van der Waals surface area contributed by atoms with Crippen molar-refractivity contribution in [1.82, 2.24) is 9.71 Å². The third kappa shape index (κ3) is 3.37. The van der Waals surface area contributed by atoms with Crippen LogP contribution < -0.4 is 4.72 Å². The molecule has 1 unspecified atom stereocenters. The van der Waals surface area contributed by atoms with E-state index in [0.717, 1.165) is 0 Å². The van der Waals surface area contributed by atoms with Crippen LogP contribution in [0.1, 0.15) is 19.8 Å². The van der Waals surface area contributed by atoms with Gasteiger partial charge in [0.2, 0.25) is 10.0 Å². The van der Waals surface area contributed by atoms with Gasteiger partial charge in [0, 0.05) is 11.6 Å². The summed E-state index contributed by atoms with van der Waals surface area (Å²) < 4.78 is 27.1. The second-order valence-corrected chi connectivity index (χ2v) is 6.31. The van der Waals surface area contributed by atoms with Crippen LogP contribution in [0.25, 0.3) is 10.9 Å². The molecule has 0 aliphatic heterocycles. The van der Waals surface area contributed by atoms with Crippen molar-refractivity contribution in [3.8, 4) is 0 Å². The molecule has 6 nitrogen and oxygen atoms in total. The lowest BCUT2D eigenvalue weighted by Gasteiger charge is -2.14. The van der Waals surface area contributed by atoms with E-state index < -0.39 is 22.0 Å². The van der Waals surface area contributed by atoms with E-state index in [0.29, 0.717) is 17.3 Å². The molecule has 1 aromatic heterocycles. The monoisotopic (exact) mass is 308 g/mol. The number of carbonyl (C=O) groups is 1. The first-order chi connectivity index (χ1) is 9.95. The van der Waals surface area contributed by atoms with Gasteiger partial charge in [-0.2, -0.15) is 4.72 Å². The Bertz CT molecular complexity index is 753. The van der Waals surface area contributed by atoms with Crippen LogP contribution in [0.5, 0.6) is 0 Å². The Labute approximate surface area is 122 Å². The summed E-state index contributed by atoms with van der Waals surface area (Å²) in [4.78, 5) is 15.2. The van der Waals surface area contributed by atoms with Gasteiger partial charge in [-0.3, -0.25) is 9.78 Å². The highest BCUT2D eigenvalue weighted by Crippen LogP contribution is 2.21. The Morgan fingerprint density at radius 3 is 2.71 bits per heavy atom. The highest BCUT2D eigenvalue weighted by molar-refractivity contribution is 7.89. The molecule has 1 heterocycles. The van der Waals surface area contributed by atoms with Crippen LogP contribution in [-0.2, 0) is 14.8 Å². The van der Waals surface area contributed by atoms with E-state index in [9.17, 15) is 13.2 Å². The maximum absolute atomic E-state index is 12.4. The van der Waals surface area contributed by atoms with Crippen molar-refractivity contribution < 1.29 is 18.3 Å². The fourth-order valence-electron chi connectivity index (χ4n) is 2.07. The number of aromatic nitrogens is 1. The Hall–Kier alpha value is -1.99. The van der Waals surface area contributed by atoms with Crippen LogP contribution in [0.4, 0.5) is 0 Å². The molecule has 2 N–H and O–H groups in total. The number of sulfonamides is 1. The van der Waals surface area contributed by atoms with Crippen LogP contribution in [0.3, 0.4) is 0 Å². The third-order valence-electron chi connectivity index (χ3n) is 3.06. The average Bonchev–Trinajstić information content (AvgIpc) is 2.46. The van der Waals surface area contributed by atoms with Gasteiger partial charge in [-0.1, -0.05) is 31.5 Å². The van der Waals surface area contributed by atoms with E-state index in [1.54, 1.807) is 31.2 Å². The van der Waals surface area contributed by atoms with Crippen molar-refractivity contribution >= 4 is 26.9 Å². The van der Waals surface area contributed by atoms with E-state index >= 15 is 0 Å². The fraction of sp³-hybridized carbons (Fsp3) is 0.286. The van der Waals surface area contributed by atoms with Gasteiger partial charge in [0.15, 0.2) is 0 Å². The average molecular weight is 308 g/mol. The molecule has 0 radical (unpaired) electrons. The summed E-state index contributed by atoms with van der Waals surface area (Å²) >= 11 is 0. The zero-order chi connectivity index (χ0) is 15.5. The number of carboxylic acid groups (broad SMARTS) is 1. The van der Waals surface area contributed by atoms with Crippen molar-refractivity contribution in [3.63, 3.8) is 0 Å². The van der Waals surface area contributed by atoms with Crippen molar-refractivity contribution in [2.24, 2.45) is 0 Å². The van der Waals surface area contributed by atoms with Gasteiger partial charge >= 0.3 is 5.97 Å². The molecule has 2 rings (SSSR count). The molecule has 0 amide bonds. The standard InChI is InChI=1S/C14H16N2O4S/c1-2-5-11(14(17)18)16-21(19,20)12-8-3-6-10-7-4-9-15-13(10)12/h3-4,6-9,11,16H,2,5H2,1H3,(H,17,18).